The van der Waals surface area contributed by atoms with Crippen LogP contribution in [0.5, 0.6) is 5.75 Å². The molecule has 0 aliphatic carbocycles. The Kier molecular flexibility index (Phi) is 2.97. The number of ether oxygens (including phenoxy) is 1. The molecule has 0 amide bonds. The number of carbonyl (C=O) groups is 1. The summed E-state index contributed by atoms with van der Waals surface area (Å²) >= 11 is 5.80. The van der Waals surface area contributed by atoms with E-state index in [1.54, 1.807) is 18.2 Å². The van der Waals surface area contributed by atoms with Gasteiger partial charge in [0.05, 0.1) is 12.7 Å². The molecular formula is C10H7ClN2O4. The second-order valence-corrected chi connectivity index (χ2v) is 3.51. The molecule has 0 radical (unpaired) electrons. The summed E-state index contributed by atoms with van der Waals surface area (Å²) < 4.78 is 9.92. The van der Waals surface area contributed by atoms with E-state index in [-0.39, 0.29) is 5.89 Å². The number of halogens is 1. The van der Waals surface area contributed by atoms with Gasteiger partial charge in [-0.3, -0.25) is 0 Å². The van der Waals surface area contributed by atoms with Gasteiger partial charge >= 0.3 is 5.97 Å². The number of aromatic nitrogens is 2. The van der Waals surface area contributed by atoms with Crippen molar-refractivity contribution in [3.8, 4) is 17.2 Å². The highest BCUT2D eigenvalue weighted by molar-refractivity contribution is 6.30. The van der Waals surface area contributed by atoms with Crippen molar-refractivity contribution in [3.05, 3.63) is 29.0 Å². The molecule has 0 saturated heterocycles. The van der Waals surface area contributed by atoms with Gasteiger partial charge in [0.15, 0.2) is 0 Å². The fourth-order valence-corrected chi connectivity index (χ4v) is 1.42. The van der Waals surface area contributed by atoms with Crippen LogP contribution in [-0.2, 0) is 0 Å². The smallest absolute Gasteiger partial charge is 0.377 e. The van der Waals surface area contributed by atoms with Gasteiger partial charge in [0.25, 0.3) is 11.7 Å². The van der Waals surface area contributed by atoms with Crippen LogP contribution in [0.25, 0.3) is 11.5 Å². The lowest BCUT2D eigenvalue weighted by Crippen LogP contribution is -1.98. The molecule has 2 rings (SSSR count). The average molecular weight is 255 g/mol. The largest absolute Gasteiger partial charge is 0.496 e. The Labute approximate surface area is 101 Å². The van der Waals surface area contributed by atoms with E-state index in [1.165, 1.54) is 7.11 Å². The van der Waals surface area contributed by atoms with Crippen LogP contribution in [0.1, 0.15) is 10.6 Å². The minimum atomic E-state index is -1.26. The molecule has 1 aromatic carbocycles. The van der Waals surface area contributed by atoms with Crippen LogP contribution in [0.2, 0.25) is 5.02 Å². The molecule has 6 nitrogen and oxygen atoms in total. The van der Waals surface area contributed by atoms with Crippen molar-refractivity contribution in [1.82, 2.24) is 10.1 Å². The van der Waals surface area contributed by atoms with Gasteiger partial charge in [0.1, 0.15) is 5.75 Å². The number of aromatic carboxylic acids is 1. The molecule has 7 heteroatoms. The SMILES string of the molecule is COc1cc(Cl)ccc1-c1nc(C(=O)O)no1. The quantitative estimate of drug-likeness (QED) is 0.903. The van der Waals surface area contributed by atoms with Crippen LogP contribution >= 0.6 is 11.6 Å². The molecular weight excluding hydrogens is 248 g/mol. The van der Waals surface area contributed by atoms with E-state index in [1.807, 2.05) is 0 Å². The van der Waals surface area contributed by atoms with E-state index < -0.39 is 11.8 Å². The molecule has 1 heterocycles. The van der Waals surface area contributed by atoms with Crippen LogP contribution in [0, 0.1) is 0 Å². The maximum atomic E-state index is 10.6. The number of carboxylic acid groups (broad SMARTS) is 1. The molecule has 1 aromatic heterocycles. The summed E-state index contributed by atoms with van der Waals surface area (Å²) in [6, 6.07) is 4.80. The van der Waals surface area contributed by atoms with Gasteiger partial charge in [0, 0.05) is 5.02 Å². The zero-order chi connectivity index (χ0) is 12.4. The van der Waals surface area contributed by atoms with Crippen molar-refractivity contribution in [1.29, 1.82) is 0 Å². The summed E-state index contributed by atoms with van der Waals surface area (Å²) in [6.07, 6.45) is 0. The Morgan fingerprint density at radius 2 is 2.29 bits per heavy atom. The van der Waals surface area contributed by atoms with Crippen molar-refractivity contribution < 1.29 is 19.2 Å². The van der Waals surface area contributed by atoms with Gasteiger partial charge in [-0.1, -0.05) is 11.6 Å². The van der Waals surface area contributed by atoms with Gasteiger partial charge in [-0.15, -0.1) is 0 Å². The summed E-state index contributed by atoms with van der Waals surface area (Å²) in [5, 5.41) is 12.5. The molecule has 1 N–H and O–H groups in total. The molecule has 0 spiro atoms. The summed E-state index contributed by atoms with van der Waals surface area (Å²) in [4.78, 5) is 14.3. The first-order chi connectivity index (χ1) is 8.11. The van der Waals surface area contributed by atoms with Crippen LogP contribution in [-0.4, -0.2) is 28.3 Å². The van der Waals surface area contributed by atoms with Gasteiger partial charge in [0.2, 0.25) is 0 Å². The molecule has 0 fully saturated rings. The van der Waals surface area contributed by atoms with E-state index in [0.717, 1.165) is 0 Å². The Morgan fingerprint density at radius 1 is 1.53 bits per heavy atom. The molecule has 0 aliphatic rings. The van der Waals surface area contributed by atoms with Gasteiger partial charge in [-0.25, -0.2) is 4.79 Å². The third-order valence-electron chi connectivity index (χ3n) is 2.01. The Morgan fingerprint density at radius 3 is 2.88 bits per heavy atom. The summed E-state index contributed by atoms with van der Waals surface area (Å²) in [6.45, 7) is 0. The Hall–Kier alpha value is -2.08. The normalized spacial score (nSPS) is 10.2. The number of rotatable bonds is 3. The third-order valence-corrected chi connectivity index (χ3v) is 2.25. The van der Waals surface area contributed by atoms with Crippen molar-refractivity contribution in [2.75, 3.05) is 7.11 Å². The lowest BCUT2D eigenvalue weighted by Gasteiger charge is -2.04. The summed E-state index contributed by atoms with van der Waals surface area (Å²) in [7, 11) is 1.46. The lowest BCUT2D eigenvalue weighted by atomic mass is 10.2. The van der Waals surface area contributed by atoms with Crippen molar-refractivity contribution in [2.45, 2.75) is 0 Å². The first kappa shape index (κ1) is 11.4. The van der Waals surface area contributed by atoms with E-state index in [4.69, 9.17) is 26.0 Å². The van der Waals surface area contributed by atoms with Crippen molar-refractivity contribution in [3.63, 3.8) is 0 Å². The second-order valence-electron chi connectivity index (χ2n) is 3.07. The maximum absolute atomic E-state index is 10.6. The highest BCUT2D eigenvalue weighted by Crippen LogP contribution is 2.31. The molecule has 0 unspecified atom stereocenters. The van der Waals surface area contributed by atoms with Gasteiger partial charge < -0.3 is 14.4 Å². The third kappa shape index (κ3) is 2.21. The fourth-order valence-electron chi connectivity index (χ4n) is 1.26. The topological polar surface area (TPSA) is 85.5 Å². The van der Waals surface area contributed by atoms with E-state index in [0.29, 0.717) is 16.3 Å². The van der Waals surface area contributed by atoms with Crippen LogP contribution in [0.4, 0.5) is 0 Å². The maximum Gasteiger partial charge on any atom is 0.377 e. The summed E-state index contributed by atoms with van der Waals surface area (Å²) in [5.74, 6) is -1.17. The zero-order valence-electron chi connectivity index (χ0n) is 8.68. The van der Waals surface area contributed by atoms with Crippen molar-refractivity contribution in [2.24, 2.45) is 0 Å². The Bertz CT molecular complexity index is 567. The van der Waals surface area contributed by atoms with Crippen LogP contribution < -0.4 is 4.74 Å². The standard InChI is InChI=1S/C10H7ClN2O4/c1-16-7-4-5(11)2-3-6(7)9-12-8(10(14)15)13-17-9/h2-4H,1H3,(H,14,15). The molecule has 2 aromatic rings. The predicted molar refractivity (Wildman–Crippen MR) is 58.3 cm³/mol. The molecule has 17 heavy (non-hydrogen) atoms. The number of methoxy groups -OCH3 is 1. The first-order valence-corrected chi connectivity index (χ1v) is 4.90. The summed E-state index contributed by atoms with van der Waals surface area (Å²) in [5.41, 5.74) is 0.483. The van der Waals surface area contributed by atoms with E-state index in [9.17, 15) is 4.79 Å². The van der Waals surface area contributed by atoms with E-state index in [2.05, 4.69) is 10.1 Å². The monoisotopic (exact) mass is 254 g/mol. The van der Waals surface area contributed by atoms with Gasteiger partial charge in [-0.2, -0.15) is 4.98 Å². The molecule has 0 aliphatic heterocycles. The van der Waals surface area contributed by atoms with Crippen molar-refractivity contribution >= 4 is 17.6 Å². The highest BCUT2D eigenvalue weighted by Gasteiger charge is 2.17. The fraction of sp³-hybridized carbons (Fsp3) is 0.100. The predicted octanol–water partition coefficient (Wildman–Crippen LogP) is 2.10. The van der Waals surface area contributed by atoms with Crippen LogP contribution in [0.15, 0.2) is 22.7 Å². The highest BCUT2D eigenvalue weighted by atomic mass is 35.5. The molecule has 0 atom stereocenters. The minimum absolute atomic E-state index is 0.0657. The number of hydrogen-bond acceptors (Lipinski definition) is 5. The van der Waals surface area contributed by atoms with E-state index >= 15 is 0 Å². The molecule has 0 saturated carbocycles. The minimum Gasteiger partial charge on any atom is -0.496 e. The average Bonchev–Trinajstić information content (AvgIpc) is 2.78. The Balaban J connectivity index is 2.48. The molecule has 88 valence electrons. The van der Waals surface area contributed by atoms with Gasteiger partial charge in [-0.05, 0) is 23.4 Å². The number of hydrogen-bond donors (Lipinski definition) is 1. The first-order valence-electron chi connectivity index (χ1n) is 4.52. The number of nitrogens with zero attached hydrogens (tertiary/aromatic N) is 2. The second kappa shape index (κ2) is 4.42. The zero-order valence-corrected chi connectivity index (χ0v) is 9.43. The lowest BCUT2D eigenvalue weighted by molar-refractivity contribution is 0.0680. The number of benzene rings is 1. The molecule has 0 bridgehead atoms. The van der Waals surface area contributed by atoms with Crippen LogP contribution in [0.3, 0.4) is 0 Å². The number of carboxylic acids is 1.